The number of rotatable bonds is 7. The van der Waals surface area contributed by atoms with Gasteiger partial charge in [0.2, 0.25) is 0 Å². The molecule has 9 nitrogen and oxygen atoms in total. The Kier molecular flexibility index (Phi) is 6.64. The zero-order chi connectivity index (χ0) is 27.9. The van der Waals surface area contributed by atoms with E-state index in [9.17, 15) is 22.8 Å². The van der Waals surface area contributed by atoms with E-state index in [1.807, 2.05) is 24.3 Å². The Labute approximate surface area is 219 Å². The standard InChI is InChI=1S/C27H24F3N5O4/c1-33-14-21(16-5-4-6-18(9-16)39-8-7-38-3)19(11-24(33)36)22-15-34(2)26(37)25-20(22)10-23(32-25)17-12-31-35(13-17)27(28,29)30/h4-6,9-15,32H,7-8H2,1-3H3. The lowest BCUT2D eigenvalue weighted by Crippen LogP contribution is -2.18. The van der Waals surface area contributed by atoms with Gasteiger partial charge in [-0.3, -0.25) is 9.59 Å². The van der Waals surface area contributed by atoms with E-state index in [0.717, 1.165) is 18.0 Å². The number of alkyl halides is 3. The summed E-state index contributed by atoms with van der Waals surface area (Å²) < 4.78 is 52.8. The summed E-state index contributed by atoms with van der Waals surface area (Å²) in [5.74, 6) is 0.612. The van der Waals surface area contributed by atoms with E-state index in [0.29, 0.717) is 41.0 Å². The fraction of sp³-hybridized carbons (Fsp3) is 0.222. The Morgan fingerprint density at radius 1 is 0.923 bits per heavy atom. The maximum atomic E-state index is 13.1. The molecule has 1 N–H and O–H groups in total. The summed E-state index contributed by atoms with van der Waals surface area (Å²) in [4.78, 5) is 28.7. The number of pyridine rings is 2. The van der Waals surface area contributed by atoms with Gasteiger partial charge in [-0.15, -0.1) is 13.2 Å². The Morgan fingerprint density at radius 3 is 2.41 bits per heavy atom. The zero-order valence-corrected chi connectivity index (χ0v) is 21.2. The third kappa shape index (κ3) is 4.98. The normalized spacial score (nSPS) is 11.8. The lowest BCUT2D eigenvalue weighted by Gasteiger charge is -2.15. The number of H-pyrrole nitrogens is 1. The Balaban J connectivity index is 1.70. The van der Waals surface area contributed by atoms with Gasteiger partial charge < -0.3 is 23.6 Å². The Hall–Kier alpha value is -4.58. The molecule has 0 aliphatic carbocycles. The number of methoxy groups -OCH3 is 1. The van der Waals surface area contributed by atoms with Gasteiger partial charge in [-0.2, -0.15) is 9.78 Å². The van der Waals surface area contributed by atoms with Crippen LogP contribution < -0.4 is 15.9 Å². The molecule has 1 aromatic carbocycles. The Bertz CT molecular complexity index is 1800. The lowest BCUT2D eigenvalue weighted by molar-refractivity contribution is -0.212. The second kappa shape index (κ2) is 9.95. The number of fused-ring (bicyclic) bond motifs is 1. The second-order valence-corrected chi connectivity index (χ2v) is 8.99. The average molecular weight is 540 g/mol. The summed E-state index contributed by atoms with van der Waals surface area (Å²) in [5, 5.41) is 3.84. The van der Waals surface area contributed by atoms with Crippen molar-refractivity contribution < 1.29 is 22.6 Å². The third-order valence-electron chi connectivity index (χ3n) is 6.34. The minimum atomic E-state index is -4.67. The van der Waals surface area contributed by atoms with E-state index in [2.05, 4.69) is 10.1 Å². The van der Waals surface area contributed by atoms with E-state index in [1.165, 1.54) is 15.2 Å². The van der Waals surface area contributed by atoms with Gasteiger partial charge in [0.05, 0.1) is 12.8 Å². The number of aromatic nitrogens is 5. The number of aromatic amines is 1. The van der Waals surface area contributed by atoms with Gasteiger partial charge in [-0.25, -0.2) is 0 Å². The van der Waals surface area contributed by atoms with Crippen LogP contribution in [0.5, 0.6) is 5.75 Å². The van der Waals surface area contributed by atoms with Crippen molar-refractivity contribution in [2.75, 3.05) is 20.3 Å². The summed E-state index contributed by atoms with van der Waals surface area (Å²) in [6, 6.07) is 10.4. The smallest absolute Gasteiger partial charge is 0.491 e. The van der Waals surface area contributed by atoms with Gasteiger partial charge in [0.15, 0.2) is 0 Å². The largest absolute Gasteiger partial charge is 0.504 e. The first-order valence-electron chi connectivity index (χ1n) is 11.8. The summed E-state index contributed by atoms with van der Waals surface area (Å²) in [5.41, 5.74) is 2.54. The quantitative estimate of drug-likeness (QED) is 0.312. The van der Waals surface area contributed by atoms with E-state index in [-0.39, 0.29) is 32.6 Å². The monoisotopic (exact) mass is 539 g/mol. The van der Waals surface area contributed by atoms with Crippen molar-refractivity contribution >= 4 is 10.9 Å². The average Bonchev–Trinajstić information content (AvgIpc) is 3.56. The predicted molar refractivity (Wildman–Crippen MR) is 140 cm³/mol. The van der Waals surface area contributed by atoms with E-state index in [4.69, 9.17) is 9.47 Å². The highest BCUT2D eigenvalue weighted by molar-refractivity contribution is 6.00. The molecule has 0 amide bonds. The minimum absolute atomic E-state index is 0.104. The number of hydrogen-bond acceptors (Lipinski definition) is 5. The zero-order valence-electron chi connectivity index (χ0n) is 21.2. The second-order valence-electron chi connectivity index (χ2n) is 8.99. The highest BCUT2D eigenvalue weighted by Crippen LogP contribution is 2.37. The third-order valence-corrected chi connectivity index (χ3v) is 6.34. The van der Waals surface area contributed by atoms with Gasteiger partial charge in [0.1, 0.15) is 17.9 Å². The van der Waals surface area contributed by atoms with Crippen molar-refractivity contribution in [3.63, 3.8) is 0 Å². The van der Waals surface area contributed by atoms with Gasteiger partial charge in [-0.05, 0) is 29.3 Å². The molecule has 0 saturated heterocycles. The molecule has 4 heterocycles. The molecule has 5 aromatic rings. The van der Waals surface area contributed by atoms with Crippen LogP contribution >= 0.6 is 0 Å². The molecule has 0 fully saturated rings. The molecule has 0 aliphatic rings. The van der Waals surface area contributed by atoms with Crippen LogP contribution in [0.15, 0.2) is 70.8 Å². The molecule has 0 saturated carbocycles. The molecule has 0 radical (unpaired) electrons. The molecular weight excluding hydrogens is 515 g/mol. The molecule has 0 atom stereocenters. The van der Waals surface area contributed by atoms with Crippen molar-refractivity contribution in [2.24, 2.45) is 14.1 Å². The van der Waals surface area contributed by atoms with Gasteiger partial charge >= 0.3 is 6.30 Å². The summed E-state index contributed by atoms with van der Waals surface area (Å²) in [6.45, 7) is 0.779. The van der Waals surface area contributed by atoms with Gasteiger partial charge in [0.25, 0.3) is 11.1 Å². The first-order valence-corrected chi connectivity index (χ1v) is 11.8. The fourth-order valence-electron chi connectivity index (χ4n) is 4.38. The van der Waals surface area contributed by atoms with Crippen LogP contribution in [0.25, 0.3) is 44.4 Å². The Morgan fingerprint density at radius 2 is 1.69 bits per heavy atom. The number of aryl methyl sites for hydroxylation is 2. The highest BCUT2D eigenvalue weighted by Gasteiger charge is 2.32. The number of nitrogens with one attached hydrogen (secondary N) is 1. The number of ether oxygens (including phenoxy) is 2. The molecule has 12 heteroatoms. The number of nitrogens with zero attached hydrogens (tertiary/aromatic N) is 4. The van der Waals surface area contributed by atoms with Crippen LogP contribution in [-0.2, 0) is 25.1 Å². The van der Waals surface area contributed by atoms with Crippen LogP contribution in [0.4, 0.5) is 13.2 Å². The van der Waals surface area contributed by atoms with E-state index in [1.54, 1.807) is 39.7 Å². The van der Waals surface area contributed by atoms with Crippen LogP contribution in [0.3, 0.4) is 0 Å². The minimum Gasteiger partial charge on any atom is -0.491 e. The van der Waals surface area contributed by atoms with E-state index >= 15 is 0 Å². The number of halogens is 3. The molecule has 0 unspecified atom stereocenters. The molecule has 5 rings (SSSR count). The van der Waals surface area contributed by atoms with E-state index < -0.39 is 6.30 Å². The van der Waals surface area contributed by atoms with Crippen molar-refractivity contribution in [3.05, 3.63) is 81.9 Å². The molecule has 39 heavy (non-hydrogen) atoms. The molecular formula is C27H24F3N5O4. The van der Waals surface area contributed by atoms with Crippen LogP contribution in [0.2, 0.25) is 0 Å². The summed E-state index contributed by atoms with van der Waals surface area (Å²) in [6.07, 6.45) is 0.545. The maximum absolute atomic E-state index is 13.1. The first-order chi connectivity index (χ1) is 18.6. The predicted octanol–water partition coefficient (Wildman–Crippen LogP) is 4.26. The van der Waals surface area contributed by atoms with Crippen molar-refractivity contribution in [2.45, 2.75) is 6.30 Å². The molecule has 0 aliphatic heterocycles. The van der Waals surface area contributed by atoms with Gasteiger partial charge in [-0.1, -0.05) is 12.1 Å². The summed E-state index contributed by atoms with van der Waals surface area (Å²) >= 11 is 0. The fourth-order valence-corrected chi connectivity index (χ4v) is 4.38. The van der Waals surface area contributed by atoms with Crippen molar-refractivity contribution in [1.82, 2.24) is 23.9 Å². The molecule has 0 spiro atoms. The first kappa shape index (κ1) is 26.0. The van der Waals surface area contributed by atoms with Crippen molar-refractivity contribution in [1.29, 1.82) is 0 Å². The summed E-state index contributed by atoms with van der Waals surface area (Å²) in [7, 11) is 4.79. The van der Waals surface area contributed by atoms with Gasteiger partial charge in [0, 0.05) is 73.6 Å². The SMILES string of the molecule is COCCOc1cccc(-c2cn(C)c(=O)cc2-c2cn(C)c(=O)c3[nH]c(-c4cnn(C(F)(F)F)c4)cc23)c1. The van der Waals surface area contributed by atoms with Crippen LogP contribution in [0, 0.1) is 0 Å². The topological polar surface area (TPSA) is 96.1 Å². The molecule has 0 bridgehead atoms. The molecule has 4 aromatic heterocycles. The molecule has 202 valence electrons. The van der Waals surface area contributed by atoms with Crippen LogP contribution in [-0.4, -0.2) is 44.2 Å². The van der Waals surface area contributed by atoms with Crippen LogP contribution in [0.1, 0.15) is 0 Å². The highest BCUT2D eigenvalue weighted by atomic mass is 19.4. The lowest BCUT2D eigenvalue weighted by atomic mass is 9.95. The number of benzene rings is 1. The maximum Gasteiger partial charge on any atom is 0.504 e. The van der Waals surface area contributed by atoms with Crippen molar-refractivity contribution in [3.8, 4) is 39.3 Å². The number of hydrogen-bond donors (Lipinski definition) is 1.